The number of unbranched alkanes of at least 4 members (excludes halogenated alkanes) is 1. The number of hydrogen-bond donors (Lipinski definition) is 3. The van der Waals surface area contributed by atoms with Gasteiger partial charge in [0.2, 0.25) is 0 Å². The van der Waals surface area contributed by atoms with E-state index in [0.29, 0.717) is 29.8 Å². The Balaban J connectivity index is 1.36. The molecule has 3 aromatic rings. The molecule has 3 aromatic heterocycles. The molecule has 1 unspecified atom stereocenters. The van der Waals surface area contributed by atoms with E-state index in [1.54, 1.807) is 12.3 Å². The van der Waals surface area contributed by atoms with Crippen LogP contribution in [0, 0.1) is 18.3 Å². The van der Waals surface area contributed by atoms with Crippen LogP contribution >= 0.6 is 30.7 Å². The molecule has 5 rings (SSSR count). The minimum absolute atomic E-state index is 0.0385. The molecule has 1 aliphatic heterocycles. The predicted molar refractivity (Wildman–Crippen MR) is 177 cm³/mol. The molecule has 2 aliphatic rings. The van der Waals surface area contributed by atoms with Gasteiger partial charge in [0, 0.05) is 30.0 Å². The fraction of sp³-hybridized carbons (Fsp3) is 0.621. The molecular formula is C29H38Cl2N5O10PS. The fourth-order valence-corrected chi connectivity index (χ4v) is 11.6. The van der Waals surface area contributed by atoms with Gasteiger partial charge < -0.3 is 38.2 Å². The first-order valence-corrected chi connectivity index (χ1v) is 20.0. The number of nitrogens with one attached hydrogen (secondary N) is 1. The molecular weight excluding hydrogens is 712 g/mol. The Hall–Kier alpha value is -2.45. The first-order valence-electron chi connectivity index (χ1n) is 15.5. The number of aromatic nitrogens is 2. The van der Waals surface area contributed by atoms with E-state index in [0.717, 1.165) is 25.7 Å². The largest absolute Gasteiger partial charge is 0.519 e. The van der Waals surface area contributed by atoms with E-state index in [1.165, 1.54) is 23.2 Å². The molecule has 1 aliphatic carbocycles. The van der Waals surface area contributed by atoms with Crippen LogP contribution in [0.25, 0.3) is 11.0 Å². The summed E-state index contributed by atoms with van der Waals surface area (Å²) in [5, 5.41) is 35.7. The van der Waals surface area contributed by atoms with Gasteiger partial charge in [-0.05, 0) is 45.7 Å². The highest BCUT2D eigenvalue weighted by atomic mass is 35.5. The van der Waals surface area contributed by atoms with Crippen molar-refractivity contribution >= 4 is 57.3 Å². The maximum absolute atomic E-state index is 14.1. The van der Waals surface area contributed by atoms with Gasteiger partial charge in [0.25, 0.3) is 7.52 Å². The number of aliphatic hydroxyl groups is 2. The second kappa shape index (κ2) is 15.2. The monoisotopic (exact) mass is 749 g/mol. The third-order valence-corrected chi connectivity index (χ3v) is 14.7. The summed E-state index contributed by atoms with van der Waals surface area (Å²) in [6.45, 7) is 1.15. The molecule has 2 fully saturated rings. The van der Waals surface area contributed by atoms with Crippen LogP contribution in [0.2, 0.25) is 5.15 Å². The standard InChI is InChI=1S/C29H38Cl2N5O10PS/c1-17-21(46-29(39)44-17)14-43-47(40,35(2)11-6-5-10-30)16-48(41,42)15-22-24(37)25(38)28(45-22)36-12-9-19-23(33-18-7-3-4-8-18)20(13-32)26(31)34-27(19)36/h9,12,18,22,24-25,28,37-38H,3-8,10-11,14-16H2,1-2H3,(H,33,34)/t22-,24-,25-,28-,47?/m1/s1. The Bertz CT molecular complexity index is 1870. The van der Waals surface area contributed by atoms with Crippen molar-refractivity contribution in [2.24, 2.45) is 0 Å². The highest BCUT2D eigenvalue weighted by Gasteiger charge is 2.47. The van der Waals surface area contributed by atoms with Crippen molar-refractivity contribution in [2.45, 2.75) is 82.6 Å². The molecule has 1 saturated carbocycles. The maximum atomic E-state index is 14.1. The van der Waals surface area contributed by atoms with E-state index in [2.05, 4.69) is 16.4 Å². The molecule has 3 N–H and O–H groups in total. The number of hydrogen-bond acceptors (Lipinski definition) is 13. The normalized spacial score (nSPS) is 23.2. The van der Waals surface area contributed by atoms with Gasteiger partial charge in [-0.3, -0.25) is 4.57 Å². The van der Waals surface area contributed by atoms with Gasteiger partial charge in [0.15, 0.2) is 27.0 Å². The zero-order valence-electron chi connectivity index (χ0n) is 26.4. The second-order valence-electron chi connectivity index (χ2n) is 12.1. The Kier molecular flexibility index (Phi) is 11.7. The van der Waals surface area contributed by atoms with E-state index >= 15 is 0 Å². The number of ether oxygens (including phenoxy) is 1. The highest BCUT2D eigenvalue weighted by Crippen LogP contribution is 2.52. The second-order valence-corrected chi connectivity index (χ2v) is 17.9. The third-order valence-electron chi connectivity index (χ3n) is 8.64. The maximum Gasteiger partial charge on any atom is 0.519 e. The molecule has 19 heteroatoms. The Morgan fingerprint density at radius 1 is 1.25 bits per heavy atom. The number of aryl methyl sites for hydroxylation is 1. The zero-order chi connectivity index (χ0) is 34.8. The smallest absolute Gasteiger partial charge is 0.396 e. The van der Waals surface area contributed by atoms with Crippen LogP contribution in [0.4, 0.5) is 5.69 Å². The summed E-state index contributed by atoms with van der Waals surface area (Å²) >= 11 is 12.2. The van der Waals surface area contributed by atoms with Crippen molar-refractivity contribution in [2.75, 3.05) is 36.0 Å². The number of rotatable bonds is 15. The lowest BCUT2D eigenvalue weighted by atomic mass is 10.1. The first kappa shape index (κ1) is 36.8. The van der Waals surface area contributed by atoms with E-state index in [9.17, 15) is 33.3 Å². The van der Waals surface area contributed by atoms with Gasteiger partial charge in [0.05, 0.1) is 11.4 Å². The molecule has 264 valence electrons. The van der Waals surface area contributed by atoms with Crippen molar-refractivity contribution in [1.29, 1.82) is 5.26 Å². The summed E-state index contributed by atoms with van der Waals surface area (Å²) in [5.74, 6) is -1.37. The molecule has 0 aromatic carbocycles. The fourth-order valence-electron chi connectivity index (χ4n) is 6.01. The van der Waals surface area contributed by atoms with Crippen LogP contribution in [0.3, 0.4) is 0 Å². The molecule has 48 heavy (non-hydrogen) atoms. The van der Waals surface area contributed by atoms with Crippen LogP contribution in [-0.4, -0.2) is 87.9 Å². The molecule has 5 atom stereocenters. The number of nitriles is 1. The SMILES string of the molecule is Cc1oc(=O)oc1COP(=O)(CS(=O)(=O)C[C@H]1O[C@@H](n2ccc3c(NC4CCCC4)c(C#N)c(Cl)nc32)[C@H](O)[C@@H]1O)N(C)CCCCCl. The lowest BCUT2D eigenvalue weighted by Gasteiger charge is -2.28. The summed E-state index contributed by atoms with van der Waals surface area (Å²) in [6.07, 6.45) is 0.724. The number of halogens is 2. The van der Waals surface area contributed by atoms with Crippen LogP contribution in [-0.2, 0) is 30.3 Å². The van der Waals surface area contributed by atoms with Gasteiger partial charge in [-0.1, -0.05) is 24.4 Å². The summed E-state index contributed by atoms with van der Waals surface area (Å²) in [7, 11) is -6.98. The average molecular weight is 751 g/mol. The minimum Gasteiger partial charge on any atom is -0.396 e. The van der Waals surface area contributed by atoms with Crippen molar-refractivity contribution in [1.82, 2.24) is 14.2 Å². The predicted octanol–water partition coefficient (Wildman–Crippen LogP) is 4.12. The van der Waals surface area contributed by atoms with Crippen molar-refractivity contribution in [3.05, 3.63) is 45.1 Å². The molecule has 15 nitrogen and oxygen atoms in total. The Morgan fingerprint density at radius 3 is 2.62 bits per heavy atom. The van der Waals surface area contributed by atoms with Gasteiger partial charge in [-0.15, -0.1) is 11.6 Å². The van der Waals surface area contributed by atoms with Crippen LogP contribution in [0.15, 0.2) is 25.9 Å². The van der Waals surface area contributed by atoms with E-state index in [-0.39, 0.29) is 40.5 Å². The molecule has 0 radical (unpaired) electrons. The van der Waals surface area contributed by atoms with E-state index in [4.69, 9.17) is 41.3 Å². The van der Waals surface area contributed by atoms with Gasteiger partial charge >= 0.3 is 5.82 Å². The summed E-state index contributed by atoms with van der Waals surface area (Å²) in [5.41, 5.74) is -0.0177. The van der Waals surface area contributed by atoms with E-state index < -0.39 is 65.6 Å². The van der Waals surface area contributed by atoms with Crippen LogP contribution in [0.1, 0.15) is 61.8 Å². The Labute approximate surface area is 287 Å². The Morgan fingerprint density at radius 2 is 1.98 bits per heavy atom. The summed E-state index contributed by atoms with van der Waals surface area (Å²) in [4.78, 5) is 15.8. The highest BCUT2D eigenvalue weighted by molar-refractivity contribution is 7.98. The lowest BCUT2D eigenvalue weighted by molar-refractivity contribution is -0.0288. The van der Waals surface area contributed by atoms with Crippen molar-refractivity contribution in [3.63, 3.8) is 0 Å². The third kappa shape index (κ3) is 7.96. The molecule has 0 amide bonds. The molecule has 0 spiro atoms. The molecule has 0 bridgehead atoms. The molecule has 1 saturated heterocycles. The quantitative estimate of drug-likeness (QED) is 0.0864. The van der Waals surface area contributed by atoms with Crippen molar-refractivity contribution < 1.29 is 41.3 Å². The van der Waals surface area contributed by atoms with E-state index in [1.807, 2.05) is 0 Å². The van der Waals surface area contributed by atoms with Gasteiger partial charge in [-0.25, -0.2) is 22.9 Å². The number of fused-ring (bicyclic) bond motifs is 1. The lowest BCUT2D eigenvalue weighted by Crippen LogP contribution is -2.36. The average Bonchev–Trinajstić information content (AvgIpc) is 3.81. The van der Waals surface area contributed by atoms with Crippen molar-refractivity contribution in [3.8, 4) is 6.07 Å². The number of nitrogens with zero attached hydrogens (tertiary/aromatic N) is 4. The van der Waals surface area contributed by atoms with Gasteiger partial charge in [0.1, 0.15) is 53.5 Å². The number of aliphatic hydroxyl groups excluding tert-OH is 2. The number of pyridine rings is 1. The number of sulfone groups is 1. The topological polar surface area (TPSA) is 210 Å². The zero-order valence-corrected chi connectivity index (χ0v) is 29.6. The first-order chi connectivity index (χ1) is 22.8. The summed E-state index contributed by atoms with van der Waals surface area (Å²) in [6, 6.07) is 3.93. The van der Waals surface area contributed by atoms with Crippen LogP contribution in [0.5, 0.6) is 0 Å². The number of alkyl halides is 1. The van der Waals surface area contributed by atoms with Crippen LogP contribution < -0.4 is 11.1 Å². The number of anilines is 1. The molecule has 4 heterocycles. The minimum atomic E-state index is -4.29. The van der Waals surface area contributed by atoms with Gasteiger partial charge in [-0.2, -0.15) is 5.26 Å². The summed E-state index contributed by atoms with van der Waals surface area (Å²) < 4.78 is 65.3.